The number of hydrogen-bond donors (Lipinski definition) is 1. The maximum Gasteiger partial charge on any atom is 0.324 e. The van der Waals surface area contributed by atoms with E-state index >= 15 is 0 Å². The van der Waals surface area contributed by atoms with Gasteiger partial charge in [0.1, 0.15) is 18.8 Å². The minimum absolute atomic E-state index is 0.00404. The molecule has 4 aliphatic carbocycles. The lowest BCUT2D eigenvalue weighted by atomic mass is 9.47. The van der Waals surface area contributed by atoms with Crippen LogP contribution in [-0.2, 0) is 38.2 Å². The zero-order valence-electron chi connectivity index (χ0n) is 27.8. The number of rotatable bonds is 10. The van der Waals surface area contributed by atoms with E-state index < -0.39 is 30.4 Å². The van der Waals surface area contributed by atoms with E-state index in [1.165, 1.54) is 45.1 Å². The highest BCUT2D eigenvalue weighted by molar-refractivity contribution is 5.68. The van der Waals surface area contributed by atoms with Crippen LogP contribution in [0.2, 0.25) is 0 Å². The largest absolute Gasteiger partial charge is 0.463 e. The summed E-state index contributed by atoms with van der Waals surface area (Å²) in [5.74, 6) is 6.58. The van der Waals surface area contributed by atoms with Gasteiger partial charge in [-0.3, -0.25) is 14.4 Å². The van der Waals surface area contributed by atoms with Gasteiger partial charge in [-0.05, 0) is 118 Å². The van der Waals surface area contributed by atoms with Crippen molar-refractivity contribution in [1.82, 2.24) is 0 Å². The number of allylic oxidation sites excluding steroid dienone is 3. The molecule has 5 rings (SSSR count). The molecule has 2 N–H and O–H groups in total. The number of carbonyl (C=O) groups is 3. The Balaban J connectivity index is 1.21. The first-order valence-electron chi connectivity index (χ1n) is 17.0. The summed E-state index contributed by atoms with van der Waals surface area (Å²) in [7, 11) is 0. The first-order valence-corrected chi connectivity index (χ1v) is 17.0. The van der Waals surface area contributed by atoms with Crippen LogP contribution in [0, 0.1) is 34.5 Å². The molecule has 45 heavy (non-hydrogen) atoms. The van der Waals surface area contributed by atoms with Crippen molar-refractivity contribution in [3.8, 4) is 0 Å². The molecule has 5 aliphatic rings. The number of carbonyl (C=O) groups excluding carboxylic acids is 3. The van der Waals surface area contributed by atoms with Gasteiger partial charge in [-0.25, -0.2) is 0 Å². The molecule has 3 saturated carbocycles. The van der Waals surface area contributed by atoms with Crippen LogP contribution in [0.4, 0.5) is 0 Å². The van der Waals surface area contributed by atoms with Crippen LogP contribution < -0.4 is 5.90 Å². The Bertz CT molecular complexity index is 1210. The van der Waals surface area contributed by atoms with E-state index in [2.05, 4.69) is 37.8 Å². The monoisotopic (exact) mass is 627 g/mol. The van der Waals surface area contributed by atoms with Gasteiger partial charge in [0.05, 0.1) is 6.10 Å². The van der Waals surface area contributed by atoms with Gasteiger partial charge in [0, 0.05) is 20.3 Å². The van der Waals surface area contributed by atoms with Crippen LogP contribution in [0.3, 0.4) is 0 Å². The predicted octanol–water partition coefficient (Wildman–Crippen LogP) is 6.26. The van der Waals surface area contributed by atoms with E-state index in [9.17, 15) is 14.4 Å². The molecule has 0 aromatic heterocycles. The van der Waals surface area contributed by atoms with Gasteiger partial charge >= 0.3 is 17.9 Å². The number of ether oxygens (including phenoxy) is 4. The van der Waals surface area contributed by atoms with Crippen molar-refractivity contribution < 1.29 is 38.2 Å². The topological polar surface area (TPSA) is 123 Å². The van der Waals surface area contributed by atoms with E-state index in [1.54, 1.807) is 17.7 Å². The molecule has 1 aliphatic heterocycles. The number of nitrogens with two attached hydrogens (primary N) is 1. The molecule has 3 fully saturated rings. The highest BCUT2D eigenvalue weighted by Crippen LogP contribution is 2.67. The molecule has 0 radical (unpaired) electrons. The molecule has 1 heterocycles. The SMILES string of the molecule is CC(=O)OC[C@H]1OC(O[C@H]2CC[C@@]3(C)C(=CCC4C3CC[C@@]3(C)C4CC[C@@H]3/C(C)=C/CCCC(=O)ON)C2)C=C[C@@H]1OC(C)=O. The smallest absolute Gasteiger partial charge is 0.324 e. The maximum atomic E-state index is 11.6. The normalized spacial score (nSPS) is 39.2. The lowest BCUT2D eigenvalue weighted by molar-refractivity contribution is -0.213. The molecule has 0 amide bonds. The average molecular weight is 628 g/mol. The van der Waals surface area contributed by atoms with Crippen LogP contribution in [-0.4, -0.2) is 49.1 Å². The van der Waals surface area contributed by atoms with Crippen LogP contribution in [0.25, 0.3) is 0 Å². The molecule has 0 bridgehead atoms. The van der Waals surface area contributed by atoms with Crippen LogP contribution >= 0.6 is 0 Å². The summed E-state index contributed by atoms with van der Waals surface area (Å²) >= 11 is 0. The molecule has 4 unspecified atom stereocenters. The summed E-state index contributed by atoms with van der Waals surface area (Å²) in [6.45, 7) is 10.1. The average Bonchev–Trinajstić information content (AvgIpc) is 3.36. The summed E-state index contributed by atoms with van der Waals surface area (Å²) in [6, 6.07) is 0. The Morgan fingerprint density at radius 3 is 2.56 bits per heavy atom. The lowest BCUT2D eigenvalue weighted by Crippen LogP contribution is -2.51. The van der Waals surface area contributed by atoms with Gasteiger partial charge in [-0.2, -0.15) is 5.90 Å². The zero-order chi connectivity index (χ0) is 32.4. The fraction of sp³-hybridized carbons (Fsp3) is 0.750. The second-order valence-corrected chi connectivity index (χ2v) is 14.6. The Kier molecular flexibility index (Phi) is 10.6. The maximum absolute atomic E-state index is 11.6. The van der Waals surface area contributed by atoms with Gasteiger partial charge in [-0.1, -0.05) is 37.1 Å². The van der Waals surface area contributed by atoms with Crippen molar-refractivity contribution >= 4 is 17.9 Å². The van der Waals surface area contributed by atoms with Gasteiger partial charge < -0.3 is 23.8 Å². The Morgan fingerprint density at radius 2 is 1.82 bits per heavy atom. The molecular formula is C36H53NO8. The highest BCUT2D eigenvalue weighted by atomic mass is 16.7. The first-order chi connectivity index (χ1) is 21.4. The number of esters is 2. The predicted molar refractivity (Wildman–Crippen MR) is 168 cm³/mol. The number of unbranched alkanes of at least 4 members (excludes halogenated alkanes) is 1. The number of fused-ring (bicyclic) bond motifs is 5. The fourth-order valence-corrected chi connectivity index (χ4v) is 9.80. The molecular weight excluding hydrogens is 574 g/mol. The van der Waals surface area contributed by atoms with Crippen molar-refractivity contribution in [2.24, 2.45) is 40.4 Å². The van der Waals surface area contributed by atoms with Gasteiger partial charge in [0.15, 0.2) is 6.29 Å². The van der Waals surface area contributed by atoms with E-state index in [0.717, 1.165) is 50.4 Å². The van der Waals surface area contributed by atoms with E-state index in [1.807, 2.05) is 0 Å². The molecule has 10 atom stereocenters. The third-order valence-corrected chi connectivity index (χ3v) is 12.0. The fourth-order valence-electron chi connectivity index (χ4n) is 9.80. The summed E-state index contributed by atoms with van der Waals surface area (Å²) in [5.41, 5.74) is 3.56. The zero-order valence-corrected chi connectivity index (χ0v) is 27.8. The minimum atomic E-state index is -0.622. The lowest BCUT2D eigenvalue weighted by Gasteiger charge is -2.58. The second-order valence-electron chi connectivity index (χ2n) is 14.6. The first kappa shape index (κ1) is 33.9. The molecule has 250 valence electrons. The molecule has 0 saturated heterocycles. The van der Waals surface area contributed by atoms with Gasteiger partial charge in [0.25, 0.3) is 0 Å². The quantitative estimate of drug-likeness (QED) is 0.129. The van der Waals surface area contributed by atoms with Crippen molar-refractivity contribution in [2.45, 2.75) is 130 Å². The van der Waals surface area contributed by atoms with Gasteiger partial charge in [-0.15, -0.1) is 0 Å². The van der Waals surface area contributed by atoms with Crippen molar-refractivity contribution in [3.63, 3.8) is 0 Å². The van der Waals surface area contributed by atoms with Crippen LogP contribution in [0.15, 0.2) is 35.5 Å². The van der Waals surface area contributed by atoms with Crippen LogP contribution in [0.1, 0.15) is 105 Å². The highest BCUT2D eigenvalue weighted by Gasteiger charge is 2.58. The molecule has 0 spiro atoms. The third kappa shape index (κ3) is 7.25. The summed E-state index contributed by atoms with van der Waals surface area (Å²) in [6.07, 6.45) is 18.0. The van der Waals surface area contributed by atoms with Crippen molar-refractivity contribution in [2.75, 3.05) is 6.61 Å². The Hall–Kier alpha value is -2.49. The Labute approximate surface area is 268 Å². The Morgan fingerprint density at radius 1 is 1.02 bits per heavy atom. The van der Waals surface area contributed by atoms with Gasteiger partial charge in [0.2, 0.25) is 0 Å². The molecule has 0 aromatic rings. The van der Waals surface area contributed by atoms with Crippen molar-refractivity contribution in [3.05, 3.63) is 35.5 Å². The molecule has 9 heteroatoms. The second kappa shape index (κ2) is 14.1. The standard InChI is InChI=1S/C36H53NO8/c1-22(8-6-7-9-33(40)45-37)28-12-13-29-27-11-10-25-20-26(16-18-35(25,4)30(27)17-19-36(28,29)5)43-34-15-14-31(42-24(3)39)32(44-34)21-41-23(2)38/h8,10,14-15,26-32,34H,6-7,9,11-13,16-21,37H2,1-5H3/b22-8+/t26-,27?,28+,29?,30?,31-,32+,34?,35-,36+/m0/s1. The van der Waals surface area contributed by atoms with Crippen molar-refractivity contribution in [1.29, 1.82) is 0 Å². The number of hydrogen-bond acceptors (Lipinski definition) is 9. The molecule has 0 aromatic carbocycles. The molecule has 9 nitrogen and oxygen atoms in total. The third-order valence-electron chi connectivity index (χ3n) is 12.0. The minimum Gasteiger partial charge on any atom is -0.463 e. The summed E-state index contributed by atoms with van der Waals surface area (Å²) < 4.78 is 23.1. The summed E-state index contributed by atoms with van der Waals surface area (Å²) in [4.78, 5) is 38.7. The van der Waals surface area contributed by atoms with E-state index in [-0.39, 0.29) is 24.1 Å². The van der Waals surface area contributed by atoms with Crippen LogP contribution in [0.5, 0.6) is 0 Å². The summed E-state index contributed by atoms with van der Waals surface area (Å²) in [5, 5.41) is 0. The van der Waals surface area contributed by atoms with E-state index in [4.69, 9.17) is 24.8 Å². The van der Waals surface area contributed by atoms with E-state index in [0.29, 0.717) is 23.7 Å².